The van der Waals surface area contributed by atoms with Gasteiger partial charge in [-0.2, -0.15) is 5.10 Å². The van der Waals surface area contributed by atoms with Crippen molar-refractivity contribution in [3.05, 3.63) is 29.3 Å². The molecule has 0 amide bonds. The second-order valence-electron chi connectivity index (χ2n) is 5.11. The Bertz CT molecular complexity index is 562. The van der Waals surface area contributed by atoms with Crippen LogP contribution in [0.25, 0.3) is 0 Å². The minimum absolute atomic E-state index is 0.656. The Morgan fingerprint density at radius 3 is 2.72 bits per heavy atom. The van der Waals surface area contributed by atoms with Crippen LogP contribution < -0.4 is 5.32 Å². The summed E-state index contributed by atoms with van der Waals surface area (Å²) < 4.78 is 4.12. The first-order chi connectivity index (χ1) is 8.63. The number of hydrogen-bond donors (Lipinski definition) is 1. The zero-order valence-corrected chi connectivity index (χ0v) is 11.1. The molecule has 0 unspecified atom stereocenters. The van der Waals surface area contributed by atoms with E-state index in [0.717, 1.165) is 23.9 Å². The highest BCUT2D eigenvalue weighted by Gasteiger charge is 2.26. The van der Waals surface area contributed by atoms with Crippen LogP contribution in [-0.2, 0) is 13.6 Å². The molecule has 96 valence electrons. The van der Waals surface area contributed by atoms with Crippen molar-refractivity contribution < 1.29 is 0 Å². The van der Waals surface area contributed by atoms with E-state index in [0.29, 0.717) is 6.04 Å². The summed E-state index contributed by atoms with van der Waals surface area (Å²) in [6, 6.07) is 0.656. The van der Waals surface area contributed by atoms with E-state index in [1.165, 1.54) is 18.4 Å². The summed E-state index contributed by atoms with van der Waals surface area (Å²) in [4.78, 5) is 4.55. The Labute approximate surface area is 107 Å². The molecule has 0 spiro atoms. The summed E-state index contributed by atoms with van der Waals surface area (Å²) in [7, 11) is 1.95. The minimum atomic E-state index is 0.656. The van der Waals surface area contributed by atoms with Crippen LogP contribution in [0.3, 0.4) is 0 Å². The van der Waals surface area contributed by atoms with Crippen molar-refractivity contribution in [1.29, 1.82) is 0 Å². The second-order valence-corrected chi connectivity index (χ2v) is 5.11. The number of hydrogen-bond acceptors (Lipinski definition) is 3. The van der Waals surface area contributed by atoms with Crippen molar-refractivity contribution in [3.8, 4) is 0 Å². The van der Waals surface area contributed by atoms with Crippen LogP contribution in [0.15, 0.2) is 12.4 Å². The normalized spacial score (nSPS) is 15.1. The highest BCUT2D eigenvalue weighted by Crippen LogP contribution is 2.37. The standard InChI is InChI=1S/C13H19N5/c1-9-7-18(12-4-5-12)13(15-9)14-6-11-8-17(3)16-10(11)2/h7-8,12H,4-6H2,1-3H3,(H,14,15). The van der Waals surface area contributed by atoms with Gasteiger partial charge in [-0.05, 0) is 26.7 Å². The zero-order valence-electron chi connectivity index (χ0n) is 11.1. The predicted octanol–water partition coefficient (Wildman–Crippen LogP) is 2.18. The van der Waals surface area contributed by atoms with Gasteiger partial charge in [0.05, 0.1) is 11.4 Å². The van der Waals surface area contributed by atoms with Crippen molar-refractivity contribution >= 4 is 5.95 Å². The zero-order chi connectivity index (χ0) is 12.7. The van der Waals surface area contributed by atoms with E-state index in [1.807, 2.05) is 25.6 Å². The molecule has 3 rings (SSSR count). The maximum absolute atomic E-state index is 4.55. The Hall–Kier alpha value is -1.78. The van der Waals surface area contributed by atoms with Gasteiger partial charge in [0, 0.05) is 37.6 Å². The van der Waals surface area contributed by atoms with Gasteiger partial charge < -0.3 is 9.88 Å². The molecule has 1 aliphatic rings. The maximum atomic E-state index is 4.55. The quantitative estimate of drug-likeness (QED) is 0.898. The number of aryl methyl sites for hydroxylation is 3. The maximum Gasteiger partial charge on any atom is 0.203 e. The van der Waals surface area contributed by atoms with Crippen LogP contribution in [0, 0.1) is 13.8 Å². The van der Waals surface area contributed by atoms with Crippen molar-refractivity contribution in [1.82, 2.24) is 19.3 Å². The van der Waals surface area contributed by atoms with Crippen LogP contribution in [0.1, 0.15) is 35.8 Å². The van der Waals surface area contributed by atoms with Gasteiger partial charge in [-0.1, -0.05) is 0 Å². The lowest BCUT2D eigenvalue weighted by Gasteiger charge is -2.07. The highest BCUT2D eigenvalue weighted by atomic mass is 15.3. The lowest BCUT2D eigenvalue weighted by Crippen LogP contribution is -2.06. The largest absolute Gasteiger partial charge is 0.351 e. The van der Waals surface area contributed by atoms with Gasteiger partial charge in [0.15, 0.2) is 0 Å². The van der Waals surface area contributed by atoms with Crippen LogP contribution in [0.2, 0.25) is 0 Å². The van der Waals surface area contributed by atoms with E-state index < -0.39 is 0 Å². The molecule has 0 aliphatic heterocycles. The minimum Gasteiger partial charge on any atom is -0.351 e. The van der Waals surface area contributed by atoms with Gasteiger partial charge >= 0.3 is 0 Å². The number of imidazole rings is 1. The molecule has 0 bridgehead atoms. The van der Waals surface area contributed by atoms with Gasteiger partial charge in [0.2, 0.25) is 5.95 Å². The van der Waals surface area contributed by atoms with E-state index in [-0.39, 0.29) is 0 Å². The number of rotatable bonds is 4. The molecular weight excluding hydrogens is 226 g/mol. The molecule has 2 aromatic heterocycles. The fourth-order valence-electron chi connectivity index (χ4n) is 2.27. The molecule has 1 aliphatic carbocycles. The predicted molar refractivity (Wildman–Crippen MR) is 70.5 cm³/mol. The third-order valence-electron chi connectivity index (χ3n) is 3.35. The van der Waals surface area contributed by atoms with E-state index in [9.17, 15) is 0 Å². The summed E-state index contributed by atoms with van der Waals surface area (Å²) in [5, 5.41) is 7.77. The number of aromatic nitrogens is 4. The molecule has 2 aromatic rings. The lowest BCUT2D eigenvalue weighted by molar-refractivity contribution is 0.742. The molecule has 1 N–H and O–H groups in total. The SMILES string of the molecule is Cc1cn(C2CC2)c(NCc2cn(C)nc2C)n1. The van der Waals surface area contributed by atoms with Crippen molar-refractivity contribution in [2.45, 2.75) is 39.3 Å². The molecule has 1 saturated carbocycles. The number of nitrogens with zero attached hydrogens (tertiary/aromatic N) is 4. The fraction of sp³-hybridized carbons (Fsp3) is 0.538. The van der Waals surface area contributed by atoms with Gasteiger partial charge in [-0.25, -0.2) is 4.98 Å². The topological polar surface area (TPSA) is 47.7 Å². The molecule has 0 radical (unpaired) electrons. The first-order valence-corrected chi connectivity index (χ1v) is 6.42. The molecule has 18 heavy (non-hydrogen) atoms. The van der Waals surface area contributed by atoms with Crippen molar-refractivity contribution in [3.63, 3.8) is 0 Å². The Balaban J connectivity index is 1.75. The smallest absolute Gasteiger partial charge is 0.203 e. The third-order valence-corrected chi connectivity index (χ3v) is 3.35. The monoisotopic (exact) mass is 245 g/mol. The highest BCUT2D eigenvalue weighted by molar-refractivity contribution is 5.32. The Morgan fingerprint density at radius 1 is 1.33 bits per heavy atom. The van der Waals surface area contributed by atoms with E-state index in [2.05, 4.69) is 32.4 Å². The summed E-state index contributed by atoms with van der Waals surface area (Å²) >= 11 is 0. The van der Waals surface area contributed by atoms with Crippen LogP contribution in [0.5, 0.6) is 0 Å². The van der Waals surface area contributed by atoms with Crippen LogP contribution in [0.4, 0.5) is 5.95 Å². The average molecular weight is 245 g/mol. The molecular formula is C13H19N5. The number of anilines is 1. The lowest BCUT2D eigenvalue weighted by atomic mass is 10.3. The molecule has 5 nitrogen and oxygen atoms in total. The molecule has 5 heteroatoms. The van der Waals surface area contributed by atoms with Crippen LogP contribution >= 0.6 is 0 Å². The van der Waals surface area contributed by atoms with Gasteiger partial charge in [0.25, 0.3) is 0 Å². The first-order valence-electron chi connectivity index (χ1n) is 6.42. The summed E-state index contributed by atoms with van der Waals surface area (Å²) in [5.74, 6) is 0.984. The molecule has 1 fully saturated rings. The Kier molecular flexibility index (Phi) is 2.61. The van der Waals surface area contributed by atoms with Crippen molar-refractivity contribution in [2.75, 3.05) is 5.32 Å². The molecule has 0 aromatic carbocycles. The average Bonchev–Trinajstić information content (AvgIpc) is 3.01. The molecule has 0 saturated heterocycles. The van der Waals surface area contributed by atoms with Crippen molar-refractivity contribution in [2.24, 2.45) is 7.05 Å². The van der Waals surface area contributed by atoms with Gasteiger partial charge in [-0.15, -0.1) is 0 Å². The van der Waals surface area contributed by atoms with Gasteiger partial charge in [0.1, 0.15) is 0 Å². The van der Waals surface area contributed by atoms with E-state index >= 15 is 0 Å². The van der Waals surface area contributed by atoms with E-state index in [4.69, 9.17) is 0 Å². The fourth-order valence-corrected chi connectivity index (χ4v) is 2.27. The summed E-state index contributed by atoms with van der Waals surface area (Å²) in [6.45, 7) is 4.86. The molecule has 0 atom stereocenters. The second kappa shape index (κ2) is 4.15. The third kappa shape index (κ3) is 2.12. The van der Waals surface area contributed by atoms with Crippen LogP contribution in [-0.4, -0.2) is 19.3 Å². The van der Waals surface area contributed by atoms with E-state index in [1.54, 1.807) is 0 Å². The first kappa shape index (κ1) is 11.3. The summed E-state index contributed by atoms with van der Waals surface area (Å²) in [6.07, 6.45) is 6.74. The summed E-state index contributed by atoms with van der Waals surface area (Å²) in [5.41, 5.74) is 3.37. The Morgan fingerprint density at radius 2 is 2.11 bits per heavy atom. The molecule has 2 heterocycles. The van der Waals surface area contributed by atoms with Gasteiger partial charge in [-0.3, -0.25) is 4.68 Å². The number of nitrogens with one attached hydrogen (secondary N) is 1.